The van der Waals surface area contributed by atoms with E-state index in [1.54, 1.807) is 11.3 Å². The fourth-order valence-electron chi connectivity index (χ4n) is 2.11. The Hall–Kier alpha value is -1.92. The molecule has 114 valence electrons. The predicted molar refractivity (Wildman–Crippen MR) is 92.8 cm³/mol. The lowest BCUT2D eigenvalue weighted by molar-refractivity contribution is 0.601. The predicted octanol–water partition coefficient (Wildman–Crippen LogP) is 3.63. The fourth-order valence-corrected chi connectivity index (χ4v) is 3.60. The molecule has 0 unspecified atom stereocenters. The van der Waals surface area contributed by atoms with Gasteiger partial charge in [0.2, 0.25) is 0 Å². The van der Waals surface area contributed by atoms with E-state index in [-0.39, 0.29) is 5.75 Å². The van der Waals surface area contributed by atoms with E-state index in [2.05, 4.69) is 10.3 Å². The fraction of sp³-hybridized carbons (Fsp3) is 0.188. The highest BCUT2D eigenvalue weighted by atomic mass is 32.2. The molecule has 0 saturated heterocycles. The van der Waals surface area contributed by atoms with Gasteiger partial charge in [-0.25, -0.2) is 13.4 Å². The van der Waals surface area contributed by atoms with Gasteiger partial charge in [0.05, 0.1) is 16.0 Å². The van der Waals surface area contributed by atoms with Gasteiger partial charge in [-0.1, -0.05) is 35.6 Å². The van der Waals surface area contributed by atoms with Crippen LogP contribution in [0.3, 0.4) is 0 Å². The highest BCUT2D eigenvalue weighted by molar-refractivity contribution is 7.90. The van der Waals surface area contributed by atoms with Crippen LogP contribution >= 0.6 is 11.3 Å². The molecule has 0 aliphatic heterocycles. The van der Waals surface area contributed by atoms with E-state index in [4.69, 9.17) is 0 Å². The number of aromatic nitrogens is 1. The number of thiazole rings is 1. The van der Waals surface area contributed by atoms with Gasteiger partial charge in [-0.3, -0.25) is 0 Å². The minimum atomic E-state index is -2.92. The number of sulfone groups is 1. The lowest BCUT2D eigenvalue weighted by Crippen LogP contribution is -2.05. The van der Waals surface area contributed by atoms with Crippen LogP contribution in [0.2, 0.25) is 0 Å². The van der Waals surface area contributed by atoms with Gasteiger partial charge in [-0.2, -0.15) is 0 Å². The summed E-state index contributed by atoms with van der Waals surface area (Å²) in [6, 6.07) is 15.8. The molecule has 4 nitrogen and oxygen atoms in total. The second-order valence-corrected chi connectivity index (χ2v) is 8.48. The largest absolute Gasteiger partial charge is 0.332 e. The van der Waals surface area contributed by atoms with Gasteiger partial charge in [0.25, 0.3) is 0 Å². The Bertz CT molecular complexity index is 851. The Kier molecular flexibility index (Phi) is 4.13. The number of fused-ring (bicyclic) bond motifs is 1. The Morgan fingerprint density at radius 3 is 2.50 bits per heavy atom. The van der Waals surface area contributed by atoms with Crippen LogP contribution in [0.5, 0.6) is 0 Å². The van der Waals surface area contributed by atoms with Crippen LogP contribution in [0.1, 0.15) is 5.56 Å². The van der Waals surface area contributed by atoms with Gasteiger partial charge in [0, 0.05) is 11.9 Å². The lowest BCUT2D eigenvalue weighted by Gasteiger charge is -2.04. The average Bonchev–Trinajstić information content (AvgIpc) is 2.88. The third kappa shape index (κ3) is 3.84. The van der Waals surface area contributed by atoms with E-state index < -0.39 is 9.84 Å². The number of rotatable bonds is 5. The zero-order valence-electron chi connectivity index (χ0n) is 12.1. The summed E-state index contributed by atoms with van der Waals surface area (Å²) < 4.78 is 23.5. The molecule has 1 N–H and O–H groups in total. The number of para-hydroxylation sites is 1. The molecular formula is C16H16N2O2S2. The molecule has 0 aliphatic carbocycles. The molecule has 0 fully saturated rings. The SMILES string of the molecule is CS(=O)(=O)CCc1ccc(Nc2nc3ccccc3s2)cc1. The lowest BCUT2D eigenvalue weighted by atomic mass is 10.1. The van der Waals surface area contributed by atoms with Crippen LogP contribution in [0.15, 0.2) is 48.5 Å². The smallest absolute Gasteiger partial charge is 0.188 e. The van der Waals surface area contributed by atoms with Gasteiger partial charge < -0.3 is 5.32 Å². The van der Waals surface area contributed by atoms with Crippen LogP contribution in [0.4, 0.5) is 10.8 Å². The molecular weight excluding hydrogens is 316 g/mol. The third-order valence-electron chi connectivity index (χ3n) is 3.26. The van der Waals surface area contributed by atoms with Crippen molar-refractivity contribution in [3.63, 3.8) is 0 Å². The van der Waals surface area contributed by atoms with Crippen molar-refractivity contribution >= 4 is 42.2 Å². The molecule has 1 aromatic heterocycles. The quantitative estimate of drug-likeness (QED) is 0.775. The van der Waals surface area contributed by atoms with E-state index in [1.807, 2.05) is 48.5 Å². The monoisotopic (exact) mass is 332 g/mol. The van der Waals surface area contributed by atoms with Crippen LogP contribution in [-0.2, 0) is 16.3 Å². The van der Waals surface area contributed by atoms with Crippen molar-refractivity contribution < 1.29 is 8.42 Å². The topological polar surface area (TPSA) is 59.1 Å². The minimum absolute atomic E-state index is 0.178. The molecule has 1 heterocycles. The molecule has 0 amide bonds. The second kappa shape index (κ2) is 6.06. The number of hydrogen-bond donors (Lipinski definition) is 1. The first-order valence-corrected chi connectivity index (χ1v) is 9.76. The minimum Gasteiger partial charge on any atom is -0.332 e. The van der Waals surface area contributed by atoms with Crippen molar-refractivity contribution in [1.29, 1.82) is 0 Å². The van der Waals surface area contributed by atoms with Crippen molar-refractivity contribution in [1.82, 2.24) is 4.98 Å². The van der Waals surface area contributed by atoms with E-state index in [0.717, 1.165) is 26.6 Å². The molecule has 0 radical (unpaired) electrons. The molecule has 22 heavy (non-hydrogen) atoms. The number of hydrogen-bond acceptors (Lipinski definition) is 5. The third-order valence-corrected chi connectivity index (χ3v) is 5.16. The highest BCUT2D eigenvalue weighted by Crippen LogP contribution is 2.28. The van der Waals surface area contributed by atoms with E-state index >= 15 is 0 Å². The van der Waals surface area contributed by atoms with Gasteiger partial charge in [-0.15, -0.1) is 0 Å². The van der Waals surface area contributed by atoms with Gasteiger partial charge in [-0.05, 0) is 36.2 Å². The Morgan fingerprint density at radius 1 is 1.09 bits per heavy atom. The number of aryl methyl sites for hydroxylation is 1. The summed E-state index contributed by atoms with van der Waals surface area (Å²) in [7, 11) is -2.92. The maximum absolute atomic E-state index is 11.2. The number of nitrogens with zero attached hydrogens (tertiary/aromatic N) is 1. The Balaban J connectivity index is 1.70. The number of anilines is 2. The summed E-state index contributed by atoms with van der Waals surface area (Å²) in [6.45, 7) is 0. The van der Waals surface area contributed by atoms with Crippen molar-refractivity contribution in [2.45, 2.75) is 6.42 Å². The van der Waals surface area contributed by atoms with Gasteiger partial charge in [0.1, 0.15) is 9.84 Å². The van der Waals surface area contributed by atoms with Crippen molar-refractivity contribution in [3.05, 3.63) is 54.1 Å². The van der Waals surface area contributed by atoms with Crippen LogP contribution in [0.25, 0.3) is 10.2 Å². The summed E-state index contributed by atoms with van der Waals surface area (Å²) >= 11 is 1.61. The van der Waals surface area contributed by atoms with Gasteiger partial charge in [0.15, 0.2) is 5.13 Å². The number of benzene rings is 2. The van der Waals surface area contributed by atoms with Gasteiger partial charge >= 0.3 is 0 Å². The Morgan fingerprint density at radius 2 is 1.82 bits per heavy atom. The van der Waals surface area contributed by atoms with Crippen LogP contribution < -0.4 is 5.32 Å². The molecule has 0 spiro atoms. The standard InChI is InChI=1S/C16H16N2O2S2/c1-22(19,20)11-10-12-6-8-13(9-7-12)17-16-18-14-4-2-3-5-15(14)21-16/h2-9H,10-11H2,1H3,(H,17,18). The number of nitrogens with one attached hydrogen (secondary N) is 1. The van der Waals surface area contributed by atoms with Crippen molar-refractivity contribution in [2.24, 2.45) is 0 Å². The normalized spacial score (nSPS) is 11.7. The maximum atomic E-state index is 11.2. The molecule has 0 aliphatic rings. The summed E-state index contributed by atoms with van der Waals surface area (Å²) in [4.78, 5) is 4.53. The zero-order valence-corrected chi connectivity index (χ0v) is 13.7. The summed E-state index contributed by atoms with van der Waals surface area (Å²) in [5.74, 6) is 0.178. The molecule has 0 bridgehead atoms. The molecule has 0 saturated carbocycles. The van der Waals surface area contributed by atoms with E-state index in [1.165, 1.54) is 6.26 Å². The summed E-state index contributed by atoms with van der Waals surface area (Å²) in [5, 5.41) is 4.13. The average molecular weight is 332 g/mol. The molecule has 0 atom stereocenters. The van der Waals surface area contributed by atoms with Crippen LogP contribution in [-0.4, -0.2) is 25.4 Å². The molecule has 3 aromatic rings. The highest BCUT2D eigenvalue weighted by Gasteiger charge is 2.05. The molecule has 6 heteroatoms. The van der Waals surface area contributed by atoms with Crippen LogP contribution in [0, 0.1) is 0 Å². The maximum Gasteiger partial charge on any atom is 0.188 e. The van der Waals surface area contributed by atoms with Crippen molar-refractivity contribution in [2.75, 3.05) is 17.3 Å². The zero-order chi connectivity index (χ0) is 15.6. The van der Waals surface area contributed by atoms with Crippen molar-refractivity contribution in [3.8, 4) is 0 Å². The van der Waals surface area contributed by atoms with E-state index in [0.29, 0.717) is 6.42 Å². The second-order valence-electron chi connectivity index (χ2n) is 5.19. The molecule has 3 rings (SSSR count). The summed E-state index contributed by atoms with van der Waals surface area (Å²) in [6.07, 6.45) is 1.80. The van der Waals surface area contributed by atoms with E-state index in [9.17, 15) is 8.42 Å². The molecule has 2 aromatic carbocycles. The first-order valence-electron chi connectivity index (χ1n) is 6.89. The summed E-state index contributed by atoms with van der Waals surface area (Å²) in [5.41, 5.74) is 2.95. The first kappa shape index (κ1) is 15.0. The Labute approximate surface area is 133 Å². The first-order chi connectivity index (χ1) is 10.5.